The summed E-state index contributed by atoms with van der Waals surface area (Å²) in [5.74, 6) is 0.243. The first-order valence-electron chi connectivity index (χ1n) is 9.23. The van der Waals surface area contributed by atoms with Crippen LogP contribution in [0.5, 0.6) is 0 Å². The zero-order valence-corrected chi connectivity index (χ0v) is 16.9. The van der Waals surface area contributed by atoms with Crippen molar-refractivity contribution in [3.63, 3.8) is 0 Å². The number of aromatic nitrogens is 2. The van der Waals surface area contributed by atoms with Gasteiger partial charge in [0.15, 0.2) is 0 Å². The number of hydrogen-bond acceptors (Lipinski definition) is 4. The van der Waals surface area contributed by atoms with E-state index in [9.17, 15) is 9.18 Å². The lowest BCUT2D eigenvalue weighted by Crippen LogP contribution is -2.46. The third-order valence-electron chi connectivity index (χ3n) is 4.87. The maximum Gasteiger partial charge on any atom is 0.322 e. The summed E-state index contributed by atoms with van der Waals surface area (Å²) < 4.78 is 18.8. The van der Waals surface area contributed by atoms with Gasteiger partial charge in [-0.2, -0.15) is 4.98 Å². The first-order valence-corrected chi connectivity index (χ1v) is 9.61. The number of allylic oxidation sites excluding steroid dienone is 1. The van der Waals surface area contributed by atoms with Crippen molar-refractivity contribution in [1.82, 2.24) is 20.4 Å². The maximum atomic E-state index is 13.2. The number of benzene rings is 2. The number of hydrogen-bond donors (Lipinski definition) is 1. The van der Waals surface area contributed by atoms with E-state index in [1.54, 1.807) is 35.2 Å². The summed E-state index contributed by atoms with van der Waals surface area (Å²) in [7, 11) is 0. The quantitative estimate of drug-likeness (QED) is 0.570. The Morgan fingerprint density at radius 2 is 1.93 bits per heavy atom. The molecule has 1 atom stereocenters. The Labute approximate surface area is 177 Å². The van der Waals surface area contributed by atoms with Crippen LogP contribution < -0.4 is 5.32 Å². The topological polar surface area (TPSA) is 71.3 Å². The molecule has 0 spiro atoms. The summed E-state index contributed by atoms with van der Waals surface area (Å²) in [5.41, 5.74) is 2.78. The van der Waals surface area contributed by atoms with Crippen molar-refractivity contribution in [2.75, 3.05) is 6.54 Å². The molecule has 2 amide bonds. The van der Waals surface area contributed by atoms with Gasteiger partial charge in [-0.25, -0.2) is 9.18 Å². The van der Waals surface area contributed by atoms with Gasteiger partial charge in [0.2, 0.25) is 5.82 Å². The zero-order valence-electron chi connectivity index (χ0n) is 16.1. The molecule has 1 aliphatic heterocycles. The van der Waals surface area contributed by atoms with Crippen LogP contribution in [0, 0.1) is 5.82 Å². The molecule has 0 fully saturated rings. The van der Waals surface area contributed by atoms with E-state index in [1.165, 1.54) is 12.1 Å². The lowest BCUT2D eigenvalue weighted by atomic mass is 9.94. The van der Waals surface area contributed by atoms with E-state index in [4.69, 9.17) is 16.1 Å². The number of nitrogens with zero attached hydrogens (tertiary/aromatic N) is 3. The molecule has 0 saturated heterocycles. The van der Waals surface area contributed by atoms with Crippen LogP contribution in [0.4, 0.5) is 9.18 Å². The van der Waals surface area contributed by atoms with Crippen LogP contribution in [-0.4, -0.2) is 27.6 Å². The number of halogens is 2. The van der Waals surface area contributed by atoms with Crippen molar-refractivity contribution in [2.24, 2.45) is 0 Å². The molecular weight excluding hydrogens is 407 g/mol. The van der Waals surface area contributed by atoms with Crippen molar-refractivity contribution in [1.29, 1.82) is 0 Å². The lowest BCUT2D eigenvalue weighted by molar-refractivity contribution is 0.209. The molecule has 2 heterocycles. The SMILES string of the molecule is C=CCN1C(=O)NC(c2ccc(Cl)cc2)C(c2nc(-c3ccc(F)cc3)no2)=C1C. The average molecular weight is 425 g/mol. The van der Waals surface area contributed by atoms with E-state index in [-0.39, 0.29) is 17.7 Å². The Bertz CT molecular complexity index is 1120. The number of rotatable bonds is 5. The average Bonchev–Trinajstić information content (AvgIpc) is 3.21. The molecule has 2 aromatic carbocycles. The van der Waals surface area contributed by atoms with Gasteiger partial charge in [-0.05, 0) is 48.9 Å². The van der Waals surface area contributed by atoms with Crippen LogP contribution in [-0.2, 0) is 0 Å². The van der Waals surface area contributed by atoms with E-state index in [0.29, 0.717) is 34.2 Å². The maximum absolute atomic E-state index is 13.2. The number of carbonyl (C=O) groups is 1. The summed E-state index contributed by atoms with van der Waals surface area (Å²) in [6.07, 6.45) is 1.64. The van der Waals surface area contributed by atoms with Gasteiger partial charge in [-0.3, -0.25) is 4.90 Å². The molecule has 6 nitrogen and oxygen atoms in total. The first kappa shape index (κ1) is 19.8. The molecule has 1 aliphatic rings. The van der Waals surface area contributed by atoms with Crippen LogP contribution in [0.25, 0.3) is 17.0 Å². The van der Waals surface area contributed by atoms with E-state index in [0.717, 1.165) is 5.56 Å². The van der Waals surface area contributed by atoms with E-state index in [1.807, 2.05) is 19.1 Å². The normalized spacial score (nSPS) is 16.6. The van der Waals surface area contributed by atoms with E-state index >= 15 is 0 Å². The van der Waals surface area contributed by atoms with Crippen molar-refractivity contribution in [3.8, 4) is 11.4 Å². The molecule has 152 valence electrons. The smallest absolute Gasteiger partial charge is 0.322 e. The monoisotopic (exact) mass is 424 g/mol. The van der Waals surface area contributed by atoms with Gasteiger partial charge in [0.1, 0.15) is 5.82 Å². The first-order chi connectivity index (χ1) is 14.5. The summed E-state index contributed by atoms with van der Waals surface area (Å²) in [5, 5.41) is 7.62. The van der Waals surface area contributed by atoms with Gasteiger partial charge >= 0.3 is 6.03 Å². The molecule has 1 N–H and O–H groups in total. The van der Waals surface area contributed by atoms with Gasteiger partial charge in [-0.15, -0.1) is 6.58 Å². The summed E-state index contributed by atoms with van der Waals surface area (Å²) >= 11 is 6.02. The summed E-state index contributed by atoms with van der Waals surface area (Å²) in [6, 6.07) is 12.2. The highest BCUT2D eigenvalue weighted by Crippen LogP contribution is 2.37. The fourth-order valence-corrected chi connectivity index (χ4v) is 3.49. The predicted molar refractivity (Wildman–Crippen MR) is 112 cm³/mol. The minimum absolute atomic E-state index is 0.255. The van der Waals surface area contributed by atoms with Gasteiger partial charge in [0.05, 0.1) is 11.6 Å². The molecule has 0 aliphatic carbocycles. The molecule has 30 heavy (non-hydrogen) atoms. The second-order valence-electron chi connectivity index (χ2n) is 6.76. The van der Waals surface area contributed by atoms with Crippen LogP contribution in [0.15, 0.2) is 71.4 Å². The third kappa shape index (κ3) is 3.71. The fourth-order valence-electron chi connectivity index (χ4n) is 3.36. The van der Waals surface area contributed by atoms with Crippen molar-refractivity contribution >= 4 is 23.2 Å². The molecule has 8 heteroatoms. The molecule has 4 rings (SSSR count). The van der Waals surface area contributed by atoms with Crippen molar-refractivity contribution in [2.45, 2.75) is 13.0 Å². The zero-order chi connectivity index (χ0) is 21.3. The summed E-state index contributed by atoms with van der Waals surface area (Å²) in [4.78, 5) is 18.7. The number of amides is 2. The molecule has 3 aromatic rings. The Kier molecular flexibility index (Phi) is 5.37. The van der Waals surface area contributed by atoms with E-state index in [2.05, 4.69) is 22.0 Å². The van der Waals surface area contributed by atoms with E-state index < -0.39 is 6.04 Å². The van der Waals surface area contributed by atoms with Crippen molar-refractivity contribution < 1.29 is 13.7 Å². The Hall–Kier alpha value is -3.45. The second kappa shape index (κ2) is 8.12. The highest BCUT2D eigenvalue weighted by Gasteiger charge is 2.35. The minimum atomic E-state index is -0.502. The van der Waals surface area contributed by atoms with Gasteiger partial charge < -0.3 is 9.84 Å². The Morgan fingerprint density at radius 3 is 2.60 bits per heavy atom. The van der Waals surface area contributed by atoms with Crippen LogP contribution in [0.3, 0.4) is 0 Å². The highest BCUT2D eigenvalue weighted by molar-refractivity contribution is 6.30. The molecule has 1 aromatic heterocycles. The fraction of sp³-hybridized carbons (Fsp3) is 0.136. The molecular formula is C22H18ClFN4O2. The largest absolute Gasteiger partial charge is 0.334 e. The number of nitrogens with one attached hydrogen (secondary N) is 1. The summed E-state index contributed by atoms with van der Waals surface area (Å²) in [6.45, 7) is 5.87. The molecule has 1 unspecified atom stereocenters. The van der Waals surface area contributed by atoms with Gasteiger partial charge in [-0.1, -0.05) is 35.0 Å². The Morgan fingerprint density at radius 1 is 1.23 bits per heavy atom. The standard InChI is InChI=1S/C22H18ClFN4O2/c1-3-12-28-13(2)18(19(25-22(28)29)14-4-8-16(23)9-5-14)21-26-20(27-30-21)15-6-10-17(24)11-7-15/h3-11,19H,1,12H2,2H3,(H,25,29). The number of carbonyl (C=O) groups excluding carboxylic acids is 1. The molecule has 0 bridgehead atoms. The Balaban J connectivity index is 1.81. The minimum Gasteiger partial charge on any atom is -0.334 e. The second-order valence-corrected chi connectivity index (χ2v) is 7.20. The van der Waals surface area contributed by atoms with Crippen LogP contribution in [0.1, 0.15) is 24.4 Å². The van der Waals surface area contributed by atoms with Crippen molar-refractivity contribution in [3.05, 3.63) is 89.2 Å². The highest BCUT2D eigenvalue weighted by atomic mass is 35.5. The van der Waals surface area contributed by atoms with Gasteiger partial charge in [0, 0.05) is 22.8 Å². The van der Waals surface area contributed by atoms with Gasteiger partial charge in [0.25, 0.3) is 5.89 Å². The van der Waals surface area contributed by atoms with Crippen LogP contribution in [0.2, 0.25) is 5.02 Å². The van der Waals surface area contributed by atoms with Crippen LogP contribution >= 0.6 is 11.6 Å². The molecule has 0 saturated carbocycles. The number of urea groups is 1. The predicted octanol–water partition coefficient (Wildman–Crippen LogP) is 5.21. The molecule has 0 radical (unpaired) electrons. The lowest BCUT2D eigenvalue weighted by Gasteiger charge is -2.34. The third-order valence-corrected chi connectivity index (χ3v) is 5.12.